The summed E-state index contributed by atoms with van der Waals surface area (Å²) in [6, 6.07) is 11.9. The summed E-state index contributed by atoms with van der Waals surface area (Å²) >= 11 is 0. The van der Waals surface area contributed by atoms with Crippen LogP contribution in [0.25, 0.3) is 0 Å². The Balaban J connectivity index is 2.16. The number of carbonyl (C=O) groups excluding carboxylic acids is 1. The zero-order valence-electron chi connectivity index (χ0n) is 14.8. The van der Waals surface area contributed by atoms with Gasteiger partial charge in [0, 0.05) is 12.6 Å². The molecule has 0 aliphatic rings. The van der Waals surface area contributed by atoms with Gasteiger partial charge in [0.15, 0.2) is 0 Å². The molecule has 0 fully saturated rings. The highest BCUT2D eigenvalue weighted by molar-refractivity contribution is 7.92. The largest absolute Gasteiger partial charge is 0.326 e. The van der Waals surface area contributed by atoms with E-state index in [1.807, 2.05) is 25.1 Å². The van der Waals surface area contributed by atoms with Crippen LogP contribution in [0.3, 0.4) is 0 Å². The maximum absolute atomic E-state index is 12.5. The Hall–Kier alpha value is -2.34. The van der Waals surface area contributed by atoms with Crippen LogP contribution in [0.15, 0.2) is 47.4 Å². The third kappa shape index (κ3) is 5.32. The molecule has 0 radical (unpaired) electrons. The highest BCUT2D eigenvalue weighted by Crippen LogP contribution is 2.22. The molecule has 0 heterocycles. The standard InChI is InChI=1S/C19H24N2O3S/c1-4-5-6-16-7-12-19(14(2)13-16)21-25(23,24)18-10-8-17(9-11-18)20-15(3)22/h7-13,21H,4-6H2,1-3H3,(H,20,22). The number of amides is 1. The fourth-order valence-electron chi connectivity index (χ4n) is 2.50. The molecule has 25 heavy (non-hydrogen) atoms. The molecule has 2 aromatic rings. The first-order chi connectivity index (χ1) is 11.8. The minimum absolute atomic E-state index is 0.149. The number of sulfonamides is 1. The number of nitrogens with one attached hydrogen (secondary N) is 2. The molecule has 2 N–H and O–H groups in total. The molecule has 0 aromatic heterocycles. The van der Waals surface area contributed by atoms with Gasteiger partial charge in [0.05, 0.1) is 10.6 Å². The monoisotopic (exact) mass is 360 g/mol. The number of hydrogen-bond acceptors (Lipinski definition) is 3. The number of unbranched alkanes of at least 4 members (excludes halogenated alkanes) is 1. The summed E-state index contributed by atoms with van der Waals surface area (Å²) in [5.41, 5.74) is 3.24. The first-order valence-corrected chi connectivity index (χ1v) is 9.80. The van der Waals surface area contributed by atoms with E-state index < -0.39 is 10.0 Å². The second-order valence-electron chi connectivity index (χ2n) is 6.06. The molecule has 0 bridgehead atoms. The summed E-state index contributed by atoms with van der Waals surface area (Å²) in [6.45, 7) is 5.44. The zero-order chi connectivity index (χ0) is 18.4. The minimum atomic E-state index is -3.67. The number of aryl methyl sites for hydroxylation is 2. The van der Waals surface area contributed by atoms with E-state index in [0.29, 0.717) is 11.4 Å². The molecule has 0 aliphatic heterocycles. The second kappa shape index (κ2) is 8.16. The molecule has 2 aromatic carbocycles. The number of rotatable bonds is 7. The lowest BCUT2D eigenvalue weighted by Crippen LogP contribution is -2.14. The minimum Gasteiger partial charge on any atom is -0.326 e. The van der Waals surface area contributed by atoms with Gasteiger partial charge >= 0.3 is 0 Å². The highest BCUT2D eigenvalue weighted by atomic mass is 32.2. The van der Waals surface area contributed by atoms with Crippen LogP contribution < -0.4 is 10.0 Å². The van der Waals surface area contributed by atoms with Crippen molar-refractivity contribution in [3.8, 4) is 0 Å². The van der Waals surface area contributed by atoms with Crippen LogP contribution in [0, 0.1) is 6.92 Å². The molecular formula is C19H24N2O3S. The fourth-order valence-corrected chi connectivity index (χ4v) is 3.63. The number of benzene rings is 2. The Bertz CT molecular complexity index is 843. The number of anilines is 2. The van der Waals surface area contributed by atoms with Gasteiger partial charge in [-0.15, -0.1) is 0 Å². The first kappa shape index (κ1) is 19.0. The summed E-state index contributed by atoms with van der Waals surface area (Å²) in [6.07, 6.45) is 3.24. The van der Waals surface area contributed by atoms with Gasteiger partial charge in [0.1, 0.15) is 0 Å². The van der Waals surface area contributed by atoms with Gasteiger partial charge in [-0.1, -0.05) is 25.5 Å². The Labute approximate surface area is 149 Å². The van der Waals surface area contributed by atoms with E-state index in [4.69, 9.17) is 0 Å². The molecule has 0 atom stereocenters. The average Bonchev–Trinajstić information content (AvgIpc) is 2.55. The summed E-state index contributed by atoms with van der Waals surface area (Å²) in [4.78, 5) is 11.2. The topological polar surface area (TPSA) is 75.3 Å². The molecular weight excluding hydrogens is 336 g/mol. The average molecular weight is 360 g/mol. The normalized spacial score (nSPS) is 11.2. The number of carbonyl (C=O) groups is 1. The molecule has 134 valence electrons. The van der Waals surface area contributed by atoms with E-state index in [0.717, 1.165) is 24.8 Å². The van der Waals surface area contributed by atoms with Gasteiger partial charge in [-0.3, -0.25) is 9.52 Å². The van der Waals surface area contributed by atoms with E-state index in [1.165, 1.54) is 24.6 Å². The van der Waals surface area contributed by atoms with Crippen molar-refractivity contribution < 1.29 is 13.2 Å². The van der Waals surface area contributed by atoms with Gasteiger partial charge < -0.3 is 5.32 Å². The fraction of sp³-hybridized carbons (Fsp3) is 0.316. The van der Waals surface area contributed by atoms with Crippen LogP contribution in [0.4, 0.5) is 11.4 Å². The Kier molecular flexibility index (Phi) is 6.20. The van der Waals surface area contributed by atoms with E-state index >= 15 is 0 Å². The molecule has 0 saturated carbocycles. The molecule has 0 spiro atoms. The Morgan fingerprint density at radius 2 is 1.76 bits per heavy atom. The molecule has 2 rings (SSSR count). The predicted octanol–water partition coefficient (Wildman–Crippen LogP) is 4.10. The van der Waals surface area contributed by atoms with E-state index in [-0.39, 0.29) is 10.8 Å². The third-order valence-electron chi connectivity index (χ3n) is 3.84. The van der Waals surface area contributed by atoms with Gasteiger partial charge in [0.2, 0.25) is 5.91 Å². The highest BCUT2D eigenvalue weighted by Gasteiger charge is 2.15. The summed E-state index contributed by atoms with van der Waals surface area (Å²) in [5, 5.41) is 2.61. The summed E-state index contributed by atoms with van der Waals surface area (Å²) in [5.74, 6) is -0.201. The lowest BCUT2D eigenvalue weighted by atomic mass is 10.1. The lowest BCUT2D eigenvalue weighted by molar-refractivity contribution is -0.114. The molecule has 0 aliphatic carbocycles. The van der Waals surface area contributed by atoms with Gasteiger partial charge in [-0.25, -0.2) is 8.42 Å². The lowest BCUT2D eigenvalue weighted by Gasteiger charge is -2.12. The van der Waals surface area contributed by atoms with Crippen LogP contribution in [-0.4, -0.2) is 14.3 Å². The van der Waals surface area contributed by atoms with E-state index in [1.54, 1.807) is 12.1 Å². The summed E-state index contributed by atoms with van der Waals surface area (Å²) < 4.78 is 27.7. The Morgan fingerprint density at radius 1 is 1.08 bits per heavy atom. The van der Waals surface area contributed by atoms with Crippen molar-refractivity contribution >= 4 is 27.3 Å². The van der Waals surface area contributed by atoms with Gasteiger partial charge in [-0.05, 0) is 61.2 Å². The van der Waals surface area contributed by atoms with Crippen LogP contribution in [0.2, 0.25) is 0 Å². The van der Waals surface area contributed by atoms with Crippen molar-refractivity contribution in [2.24, 2.45) is 0 Å². The van der Waals surface area contributed by atoms with Crippen molar-refractivity contribution in [3.63, 3.8) is 0 Å². The van der Waals surface area contributed by atoms with Crippen LogP contribution >= 0.6 is 0 Å². The quantitative estimate of drug-likeness (QED) is 0.781. The molecule has 0 saturated heterocycles. The van der Waals surface area contributed by atoms with Crippen LogP contribution in [-0.2, 0) is 21.2 Å². The maximum Gasteiger partial charge on any atom is 0.261 e. The molecule has 6 heteroatoms. The van der Waals surface area contributed by atoms with Crippen molar-refractivity contribution in [1.82, 2.24) is 0 Å². The smallest absolute Gasteiger partial charge is 0.261 e. The first-order valence-electron chi connectivity index (χ1n) is 8.32. The third-order valence-corrected chi connectivity index (χ3v) is 5.22. The van der Waals surface area contributed by atoms with Crippen molar-refractivity contribution in [1.29, 1.82) is 0 Å². The zero-order valence-corrected chi connectivity index (χ0v) is 15.6. The second-order valence-corrected chi connectivity index (χ2v) is 7.75. The van der Waals surface area contributed by atoms with Crippen LogP contribution in [0.1, 0.15) is 37.8 Å². The van der Waals surface area contributed by atoms with Gasteiger partial charge in [0.25, 0.3) is 10.0 Å². The number of hydrogen-bond donors (Lipinski definition) is 2. The Morgan fingerprint density at radius 3 is 2.32 bits per heavy atom. The molecule has 0 unspecified atom stereocenters. The molecule has 5 nitrogen and oxygen atoms in total. The SMILES string of the molecule is CCCCc1ccc(NS(=O)(=O)c2ccc(NC(C)=O)cc2)c(C)c1. The summed E-state index contributed by atoms with van der Waals surface area (Å²) in [7, 11) is -3.67. The van der Waals surface area contributed by atoms with Gasteiger partial charge in [-0.2, -0.15) is 0 Å². The maximum atomic E-state index is 12.5. The van der Waals surface area contributed by atoms with E-state index in [9.17, 15) is 13.2 Å². The predicted molar refractivity (Wildman–Crippen MR) is 101 cm³/mol. The van der Waals surface area contributed by atoms with Crippen molar-refractivity contribution in [3.05, 3.63) is 53.6 Å². The van der Waals surface area contributed by atoms with Crippen molar-refractivity contribution in [2.75, 3.05) is 10.0 Å². The van der Waals surface area contributed by atoms with Crippen LogP contribution in [0.5, 0.6) is 0 Å². The van der Waals surface area contributed by atoms with E-state index in [2.05, 4.69) is 17.0 Å². The van der Waals surface area contributed by atoms with Crippen molar-refractivity contribution in [2.45, 2.75) is 44.9 Å². The molecule has 1 amide bonds.